The SMILES string of the molecule is O=c1[nH]c2ccccc2cc1CNCc1cccc(Cl)c1. The van der Waals surface area contributed by atoms with Crippen LogP contribution in [0.1, 0.15) is 11.1 Å². The molecule has 0 saturated carbocycles. The average Bonchev–Trinajstić information content (AvgIpc) is 2.48. The molecule has 0 bridgehead atoms. The van der Waals surface area contributed by atoms with E-state index in [0.29, 0.717) is 13.1 Å². The van der Waals surface area contributed by atoms with Gasteiger partial charge in [-0.05, 0) is 35.2 Å². The summed E-state index contributed by atoms with van der Waals surface area (Å²) in [7, 11) is 0. The fourth-order valence-corrected chi connectivity index (χ4v) is 2.53. The first-order valence-electron chi connectivity index (χ1n) is 6.78. The smallest absolute Gasteiger partial charge is 0.252 e. The molecule has 106 valence electrons. The van der Waals surface area contributed by atoms with Crippen molar-refractivity contribution < 1.29 is 0 Å². The number of hydrogen-bond donors (Lipinski definition) is 2. The minimum atomic E-state index is -0.0488. The van der Waals surface area contributed by atoms with Gasteiger partial charge in [-0.15, -0.1) is 0 Å². The van der Waals surface area contributed by atoms with Gasteiger partial charge >= 0.3 is 0 Å². The van der Waals surface area contributed by atoms with Crippen LogP contribution in [0.2, 0.25) is 5.02 Å². The maximum atomic E-state index is 12.0. The summed E-state index contributed by atoms with van der Waals surface area (Å²) in [6, 6.07) is 17.4. The molecule has 0 aliphatic carbocycles. The lowest BCUT2D eigenvalue weighted by molar-refractivity contribution is 0.688. The number of halogens is 1. The number of aromatic amines is 1. The summed E-state index contributed by atoms with van der Waals surface area (Å²) in [5.74, 6) is 0. The van der Waals surface area contributed by atoms with E-state index < -0.39 is 0 Å². The summed E-state index contributed by atoms with van der Waals surface area (Å²) in [4.78, 5) is 14.9. The van der Waals surface area contributed by atoms with Crippen LogP contribution in [-0.4, -0.2) is 4.98 Å². The molecular formula is C17H15ClN2O. The highest BCUT2D eigenvalue weighted by molar-refractivity contribution is 6.30. The number of pyridine rings is 1. The second-order valence-electron chi connectivity index (χ2n) is 4.94. The lowest BCUT2D eigenvalue weighted by Crippen LogP contribution is -2.20. The molecule has 0 fully saturated rings. The van der Waals surface area contributed by atoms with Crippen LogP contribution in [0, 0.1) is 0 Å². The molecule has 0 amide bonds. The van der Waals surface area contributed by atoms with Crippen molar-refractivity contribution in [2.75, 3.05) is 0 Å². The van der Waals surface area contributed by atoms with Gasteiger partial charge in [0.05, 0.1) is 0 Å². The molecule has 2 N–H and O–H groups in total. The second kappa shape index (κ2) is 6.12. The second-order valence-corrected chi connectivity index (χ2v) is 5.38. The summed E-state index contributed by atoms with van der Waals surface area (Å²) in [6.07, 6.45) is 0. The van der Waals surface area contributed by atoms with Crippen molar-refractivity contribution in [1.29, 1.82) is 0 Å². The van der Waals surface area contributed by atoms with Gasteiger partial charge in [-0.3, -0.25) is 4.79 Å². The molecule has 0 aliphatic heterocycles. The van der Waals surface area contributed by atoms with Crippen LogP contribution in [0.3, 0.4) is 0 Å². The van der Waals surface area contributed by atoms with Crippen LogP contribution in [0.4, 0.5) is 0 Å². The first kappa shape index (κ1) is 13.9. The molecule has 21 heavy (non-hydrogen) atoms. The molecule has 1 heterocycles. The van der Waals surface area contributed by atoms with Gasteiger partial charge in [0, 0.05) is 29.2 Å². The molecule has 2 aromatic carbocycles. The minimum absolute atomic E-state index is 0.0488. The first-order chi connectivity index (χ1) is 10.2. The number of aromatic nitrogens is 1. The van der Waals surface area contributed by atoms with Gasteiger partial charge in [0.25, 0.3) is 5.56 Å². The zero-order valence-electron chi connectivity index (χ0n) is 11.4. The Morgan fingerprint density at radius 3 is 2.71 bits per heavy atom. The maximum absolute atomic E-state index is 12.0. The number of rotatable bonds is 4. The van der Waals surface area contributed by atoms with Crippen molar-refractivity contribution in [3.05, 3.63) is 81.1 Å². The van der Waals surface area contributed by atoms with Gasteiger partial charge in [-0.25, -0.2) is 0 Å². The number of H-pyrrole nitrogens is 1. The lowest BCUT2D eigenvalue weighted by Gasteiger charge is -2.06. The Balaban J connectivity index is 1.73. The summed E-state index contributed by atoms with van der Waals surface area (Å²) >= 11 is 5.95. The third-order valence-electron chi connectivity index (χ3n) is 3.36. The van der Waals surface area contributed by atoms with Crippen molar-refractivity contribution in [2.45, 2.75) is 13.1 Å². The molecule has 0 unspecified atom stereocenters. The number of para-hydroxylation sites is 1. The monoisotopic (exact) mass is 298 g/mol. The number of nitrogens with one attached hydrogen (secondary N) is 2. The number of hydrogen-bond acceptors (Lipinski definition) is 2. The van der Waals surface area contributed by atoms with E-state index >= 15 is 0 Å². The van der Waals surface area contributed by atoms with Crippen molar-refractivity contribution in [1.82, 2.24) is 10.3 Å². The summed E-state index contributed by atoms with van der Waals surface area (Å²) in [5, 5.41) is 5.03. The van der Waals surface area contributed by atoms with Crippen LogP contribution in [-0.2, 0) is 13.1 Å². The van der Waals surface area contributed by atoms with Crippen molar-refractivity contribution in [3.8, 4) is 0 Å². The topological polar surface area (TPSA) is 44.9 Å². The molecule has 3 rings (SSSR count). The molecular weight excluding hydrogens is 284 g/mol. The molecule has 3 aromatic rings. The predicted molar refractivity (Wildman–Crippen MR) is 86.6 cm³/mol. The zero-order valence-corrected chi connectivity index (χ0v) is 12.2. The Morgan fingerprint density at radius 1 is 1.00 bits per heavy atom. The molecule has 1 aromatic heterocycles. The van der Waals surface area contributed by atoms with Gasteiger partial charge in [0.15, 0.2) is 0 Å². The fourth-order valence-electron chi connectivity index (χ4n) is 2.31. The third kappa shape index (κ3) is 3.32. The Labute approximate surface area is 127 Å². The summed E-state index contributed by atoms with van der Waals surface area (Å²) in [6.45, 7) is 1.19. The van der Waals surface area contributed by atoms with Gasteiger partial charge < -0.3 is 10.3 Å². The predicted octanol–water partition coefficient (Wildman–Crippen LogP) is 3.47. The largest absolute Gasteiger partial charge is 0.322 e. The Bertz CT molecular complexity index is 826. The highest BCUT2D eigenvalue weighted by Gasteiger charge is 2.02. The molecule has 3 nitrogen and oxygen atoms in total. The van der Waals surface area contributed by atoms with Gasteiger partial charge in [0.2, 0.25) is 0 Å². The van der Waals surface area contributed by atoms with Gasteiger partial charge in [-0.1, -0.05) is 41.9 Å². The standard InChI is InChI=1S/C17H15ClN2O/c18-15-6-3-4-12(8-15)10-19-11-14-9-13-5-1-2-7-16(13)20-17(14)21/h1-9,19H,10-11H2,(H,20,21). The lowest BCUT2D eigenvalue weighted by atomic mass is 10.1. The molecule has 0 radical (unpaired) electrons. The number of benzene rings is 2. The summed E-state index contributed by atoms with van der Waals surface area (Å²) in [5.41, 5.74) is 2.64. The van der Waals surface area contributed by atoms with E-state index in [1.807, 2.05) is 54.6 Å². The quantitative estimate of drug-likeness (QED) is 0.774. The van der Waals surface area contributed by atoms with E-state index in [-0.39, 0.29) is 5.56 Å². The van der Waals surface area contributed by atoms with E-state index in [1.165, 1.54) is 0 Å². The highest BCUT2D eigenvalue weighted by Crippen LogP contribution is 2.11. The Kier molecular flexibility index (Phi) is 4.04. The molecule has 0 aliphatic rings. The van der Waals surface area contributed by atoms with E-state index in [1.54, 1.807) is 0 Å². The average molecular weight is 299 g/mol. The normalized spacial score (nSPS) is 10.9. The van der Waals surface area contributed by atoms with Crippen LogP contribution in [0.5, 0.6) is 0 Å². The summed E-state index contributed by atoms with van der Waals surface area (Å²) < 4.78 is 0. The van der Waals surface area contributed by atoms with E-state index in [0.717, 1.165) is 27.1 Å². The number of fused-ring (bicyclic) bond motifs is 1. The van der Waals surface area contributed by atoms with Gasteiger partial charge in [0.1, 0.15) is 0 Å². The molecule has 0 atom stereocenters. The first-order valence-corrected chi connectivity index (χ1v) is 7.16. The van der Waals surface area contributed by atoms with Crippen molar-refractivity contribution >= 4 is 22.5 Å². The van der Waals surface area contributed by atoms with E-state index in [4.69, 9.17) is 11.6 Å². The van der Waals surface area contributed by atoms with Crippen LogP contribution in [0.25, 0.3) is 10.9 Å². The molecule has 0 saturated heterocycles. The minimum Gasteiger partial charge on any atom is -0.322 e. The van der Waals surface area contributed by atoms with Crippen molar-refractivity contribution in [2.24, 2.45) is 0 Å². The van der Waals surface area contributed by atoms with Crippen molar-refractivity contribution in [3.63, 3.8) is 0 Å². The van der Waals surface area contributed by atoms with Crippen LogP contribution >= 0.6 is 11.6 Å². The zero-order chi connectivity index (χ0) is 14.7. The maximum Gasteiger partial charge on any atom is 0.252 e. The molecule has 0 spiro atoms. The molecule has 4 heteroatoms. The third-order valence-corrected chi connectivity index (χ3v) is 3.60. The Morgan fingerprint density at radius 2 is 1.86 bits per heavy atom. The van der Waals surface area contributed by atoms with Crippen LogP contribution < -0.4 is 10.9 Å². The van der Waals surface area contributed by atoms with Gasteiger partial charge in [-0.2, -0.15) is 0 Å². The van der Waals surface area contributed by atoms with E-state index in [9.17, 15) is 4.79 Å². The fraction of sp³-hybridized carbons (Fsp3) is 0.118. The highest BCUT2D eigenvalue weighted by atomic mass is 35.5. The van der Waals surface area contributed by atoms with E-state index in [2.05, 4.69) is 10.3 Å². The Hall–Kier alpha value is -2.10. The van der Waals surface area contributed by atoms with Crippen LogP contribution in [0.15, 0.2) is 59.4 Å².